The Morgan fingerprint density at radius 3 is 2.68 bits per heavy atom. The van der Waals surface area contributed by atoms with E-state index >= 15 is 0 Å². The first-order valence-electron chi connectivity index (χ1n) is 8.64. The van der Waals surface area contributed by atoms with Crippen molar-refractivity contribution in [1.29, 1.82) is 0 Å². The lowest BCUT2D eigenvalue weighted by atomic mass is 10.1. The van der Waals surface area contributed by atoms with E-state index in [-0.39, 0.29) is 5.91 Å². The number of hydrogen-bond acceptors (Lipinski definition) is 4. The quantitative estimate of drug-likeness (QED) is 0.798. The van der Waals surface area contributed by atoms with Gasteiger partial charge in [-0.05, 0) is 30.9 Å². The van der Waals surface area contributed by atoms with Crippen LogP contribution in [0.1, 0.15) is 44.7 Å². The summed E-state index contributed by atoms with van der Waals surface area (Å²) < 4.78 is 10.8. The second kappa shape index (κ2) is 7.17. The van der Waals surface area contributed by atoms with Gasteiger partial charge in [0.1, 0.15) is 17.2 Å². The first-order chi connectivity index (χ1) is 12.0. The summed E-state index contributed by atoms with van der Waals surface area (Å²) in [6, 6.07) is 5.59. The van der Waals surface area contributed by atoms with Crippen molar-refractivity contribution in [3.8, 4) is 22.8 Å². The Bertz CT molecular complexity index is 763. The van der Waals surface area contributed by atoms with Crippen LogP contribution in [0.5, 0.6) is 11.5 Å². The number of aromatic nitrogens is 2. The van der Waals surface area contributed by atoms with Crippen molar-refractivity contribution < 1.29 is 14.3 Å². The number of amides is 1. The number of carbonyl (C=O) groups excluding carboxylic acids is 1. The molecular formula is C19H25N3O3. The van der Waals surface area contributed by atoms with Gasteiger partial charge in [0.25, 0.3) is 0 Å². The van der Waals surface area contributed by atoms with Crippen molar-refractivity contribution >= 4 is 11.6 Å². The molecule has 2 aromatic rings. The molecule has 1 fully saturated rings. The molecule has 1 aromatic carbocycles. The second-order valence-electron chi connectivity index (χ2n) is 6.85. The summed E-state index contributed by atoms with van der Waals surface area (Å²) >= 11 is 0. The predicted octanol–water partition coefficient (Wildman–Crippen LogP) is 3.96. The molecule has 0 unspecified atom stereocenters. The second-order valence-corrected chi connectivity index (χ2v) is 6.85. The van der Waals surface area contributed by atoms with E-state index in [1.807, 2.05) is 32.0 Å². The monoisotopic (exact) mass is 343 g/mol. The van der Waals surface area contributed by atoms with Crippen molar-refractivity contribution in [2.75, 3.05) is 19.5 Å². The number of anilines is 1. The highest BCUT2D eigenvalue weighted by Gasteiger charge is 2.31. The average Bonchev–Trinajstić information content (AvgIpc) is 3.35. The third-order valence-electron chi connectivity index (χ3n) is 4.30. The van der Waals surface area contributed by atoms with Gasteiger partial charge in [-0.3, -0.25) is 9.89 Å². The number of aromatic amines is 1. The van der Waals surface area contributed by atoms with E-state index in [0.717, 1.165) is 29.8 Å². The topological polar surface area (TPSA) is 76.2 Å². The third kappa shape index (κ3) is 3.78. The molecule has 3 rings (SSSR count). The lowest BCUT2D eigenvalue weighted by Gasteiger charge is -2.12. The Labute approximate surface area is 147 Å². The first-order valence-corrected chi connectivity index (χ1v) is 8.64. The smallest absolute Gasteiger partial charge is 0.224 e. The molecule has 0 radical (unpaired) electrons. The van der Waals surface area contributed by atoms with Crippen LogP contribution >= 0.6 is 0 Å². The van der Waals surface area contributed by atoms with Gasteiger partial charge in [-0.2, -0.15) is 5.10 Å². The minimum atomic E-state index is 0.00651. The summed E-state index contributed by atoms with van der Waals surface area (Å²) in [5.41, 5.74) is 3.31. The van der Waals surface area contributed by atoms with Crippen molar-refractivity contribution in [2.24, 2.45) is 5.92 Å². The van der Waals surface area contributed by atoms with E-state index in [0.29, 0.717) is 35.4 Å². The molecule has 25 heavy (non-hydrogen) atoms. The minimum Gasteiger partial charge on any atom is -0.497 e. The average molecular weight is 343 g/mol. The maximum Gasteiger partial charge on any atom is 0.224 e. The summed E-state index contributed by atoms with van der Waals surface area (Å²) in [6.07, 6.45) is 2.72. The number of nitrogens with zero attached hydrogens (tertiary/aromatic N) is 1. The first kappa shape index (κ1) is 17.3. The predicted molar refractivity (Wildman–Crippen MR) is 97.2 cm³/mol. The van der Waals surface area contributed by atoms with Gasteiger partial charge in [0.05, 0.1) is 25.6 Å². The van der Waals surface area contributed by atoms with Crippen LogP contribution in [-0.4, -0.2) is 30.3 Å². The molecule has 1 heterocycles. The van der Waals surface area contributed by atoms with Crippen LogP contribution in [0.2, 0.25) is 0 Å². The molecule has 0 saturated heterocycles. The molecule has 1 aromatic heterocycles. The molecule has 1 saturated carbocycles. The van der Waals surface area contributed by atoms with E-state index in [2.05, 4.69) is 15.5 Å². The van der Waals surface area contributed by atoms with Crippen LogP contribution in [0.4, 0.5) is 5.69 Å². The highest BCUT2D eigenvalue weighted by molar-refractivity contribution is 5.96. The molecule has 0 spiro atoms. The number of ether oxygens (including phenoxy) is 2. The summed E-state index contributed by atoms with van der Waals surface area (Å²) in [4.78, 5) is 12.4. The normalized spacial score (nSPS) is 13.8. The highest BCUT2D eigenvalue weighted by Crippen LogP contribution is 2.46. The lowest BCUT2D eigenvalue weighted by molar-refractivity contribution is -0.116. The van der Waals surface area contributed by atoms with Crippen LogP contribution in [0.3, 0.4) is 0 Å². The molecule has 6 heteroatoms. The standard InChI is InChI=1S/C19H25N3O3/c1-11(2)9-16(23)20-19-17(12-5-6-12)21-22-18(19)14-8-7-13(24-3)10-15(14)25-4/h7-8,10-12H,5-6,9H2,1-4H3,(H,20,23)(H,21,22). The summed E-state index contributed by atoms with van der Waals surface area (Å²) in [5.74, 6) is 2.12. The molecule has 2 N–H and O–H groups in total. The van der Waals surface area contributed by atoms with Gasteiger partial charge in [-0.15, -0.1) is 0 Å². The van der Waals surface area contributed by atoms with Crippen LogP contribution in [0.25, 0.3) is 11.3 Å². The fourth-order valence-electron chi connectivity index (χ4n) is 2.90. The number of carbonyl (C=O) groups is 1. The number of methoxy groups -OCH3 is 2. The Hall–Kier alpha value is -2.50. The van der Waals surface area contributed by atoms with Crippen molar-refractivity contribution in [2.45, 2.75) is 39.0 Å². The zero-order valence-corrected chi connectivity index (χ0v) is 15.2. The van der Waals surface area contributed by atoms with Gasteiger partial charge in [-0.25, -0.2) is 0 Å². The fourth-order valence-corrected chi connectivity index (χ4v) is 2.90. The van der Waals surface area contributed by atoms with Crippen molar-refractivity contribution in [3.05, 3.63) is 23.9 Å². The maximum absolute atomic E-state index is 12.4. The molecule has 1 aliphatic carbocycles. The largest absolute Gasteiger partial charge is 0.497 e. The highest BCUT2D eigenvalue weighted by atomic mass is 16.5. The Morgan fingerprint density at radius 1 is 1.32 bits per heavy atom. The van der Waals surface area contributed by atoms with Crippen LogP contribution < -0.4 is 14.8 Å². The number of nitrogens with one attached hydrogen (secondary N) is 2. The minimum absolute atomic E-state index is 0.00651. The third-order valence-corrected chi connectivity index (χ3v) is 4.30. The summed E-state index contributed by atoms with van der Waals surface area (Å²) in [7, 11) is 3.23. The molecule has 1 amide bonds. The van der Waals surface area contributed by atoms with Crippen molar-refractivity contribution in [1.82, 2.24) is 10.2 Å². The number of hydrogen-bond donors (Lipinski definition) is 2. The van der Waals surface area contributed by atoms with Gasteiger partial charge in [0.2, 0.25) is 5.91 Å². The molecule has 6 nitrogen and oxygen atoms in total. The Kier molecular flexibility index (Phi) is 4.97. The van der Waals surface area contributed by atoms with Gasteiger partial charge in [-0.1, -0.05) is 13.8 Å². The fraction of sp³-hybridized carbons (Fsp3) is 0.474. The number of benzene rings is 1. The molecule has 0 atom stereocenters. The molecular weight excluding hydrogens is 318 g/mol. The Balaban J connectivity index is 2.00. The number of rotatable bonds is 7. The molecule has 0 bridgehead atoms. The maximum atomic E-state index is 12.4. The summed E-state index contributed by atoms with van der Waals surface area (Å²) in [5, 5.41) is 10.7. The zero-order valence-electron chi connectivity index (χ0n) is 15.2. The lowest BCUT2D eigenvalue weighted by Crippen LogP contribution is -2.15. The van der Waals surface area contributed by atoms with E-state index < -0.39 is 0 Å². The summed E-state index contributed by atoms with van der Waals surface area (Å²) in [6.45, 7) is 4.06. The van der Waals surface area contributed by atoms with E-state index in [1.54, 1.807) is 14.2 Å². The van der Waals surface area contributed by atoms with Crippen LogP contribution in [0.15, 0.2) is 18.2 Å². The molecule has 1 aliphatic rings. The van der Waals surface area contributed by atoms with E-state index in [9.17, 15) is 4.79 Å². The van der Waals surface area contributed by atoms with E-state index in [1.165, 1.54) is 0 Å². The van der Waals surface area contributed by atoms with Gasteiger partial charge in [0.15, 0.2) is 0 Å². The van der Waals surface area contributed by atoms with Gasteiger partial charge < -0.3 is 14.8 Å². The van der Waals surface area contributed by atoms with Gasteiger partial charge >= 0.3 is 0 Å². The SMILES string of the molecule is COc1ccc(-c2n[nH]c(C3CC3)c2NC(=O)CC(C)C)c(OC)c1. The number of H-pyrrole nitrogens is 1. The molecule has 0 aliphatic heterocycles. The van der Waals surface area contributed by atoms with Crippen LogP contribution in [0, 0.1) is 5.92 Å². The Morgan fingerprint density at radius 2 is 2.08 bits per heavy atom. The van der Waals surface area contributed by atoms with Crippen LogP contribution in [-0.2, 0) is 4.79 Å². The van der Waals surface area contributed by atoms with Gasteiger partial charge in [0, 0.05) is 24.0 Å². The van der Waals surface area contributed by atoms with Crippen molar-refractivity contribution in [3.63, 3.8) is 0 Å². The van der Waals surface area contributed by atoms with E-state index in [4.69, 9.17) is 9.47 Å². The zero-order chi connectivity index (χ0) is 18.0. The molecule has 134 valence electrons.